The number of hydrogen-bond acceptors (Lipinski definition) is 2. The maximum absolute atomic E-state index is 12.3. The van der Waals surface area contributed by atoms with Crippen LogP contribution in [0.15, 0.2) is 11.8 Å². The van der Waals surface area contributed by atoms with Crippen LogP contribution in [0.5, 0.6) is 0 Å². The molecule has 2 nitrogen and oxygen atoms in total. The van der Waals surface area contributed by atoms with Crippen molar-refractivity contribution in [1.82, 2.24) is 0 Å². The van der Waals surface area contributed by atoms with E-state index in [2.05, 4.69) is 6.92 Å². The number of rotatable bonds is 2. The summed E-state index contributed by atoms with van der Waals surface area (Å²) in [5.74, 6) is 0.349. The normalized spacial score (nSPS) is 25.3. The Morgan fingerprint density at radius 1 is 1.27 bits per heavy atom. The van der Waals surface area contributed by atoms with Gasteiger partial charge in [0.25, 0.3) is 0 Å². The Kier molecular flexibility index (Phi) is 3.13. The molecule has 0 radical (unpaired) electrons. The van der Waals surface area contributed by atoms with Gasteiger partial charge in [-0.25, -0.2) is 0 Å². The second-order valence-corrected chi connectivity index (χ2v) is 5.07. The molecule has 1 saturated carbocycles. The van der Waals surface area contributed by atoms with Gasteiger partial charge in [-0.2, -0.15) is 0 Å². The lowest BCUT2D eigenvalue weighted by Gasteiger charge is -2.33. The lowest BCUT2D eigenvalue weighted by atomic mass is 9.70. The number of carbonyl (C=O) groups is 1. The zero-order valence-electron chi connectivity index (χ0n) is 9.55. The molecule has 0 unspecified atom stereocenters. The molecule has 2 aliphatic rings. The fourth-order valence-electron chi connectivity index (χ4n) is 2.68. The summed E-state index contributed by atoms with van der Waals surface area (Å²) in [4.78, 5) is 12.3. The molecule has 0 saturated heterocycles. The summed E-state index contributed by atoms with van der Waals surface area (Å²) in [5, 5.41) is 0. The van der Waals surface area contributed by atoms with Crippen molar-refractivity contribution < 1.29 is 9.53 Å². The number of ether oxygens (including phenoxy) is 1. The first-order valence-electron chi connectivity index (χ1n) is 6.08. The third-order valence-electron chi connectivity index (χ3n) is 3.73. The third kappa shape index (κ3) is 2.24. The van der Waals surface area contributed by atoms with Gasteiger partial charge in [0.05, 0.1) is 12.9 Å². The highest BCUT2D eigenvalue weighted by atomic mass is 16.5. The smallest absolute Gasteiger partial charge is 0.167 e. The predicted molar refractivity (Wildman–Crippen MR) is 59.5 cm³/mol. The average Bonchev–Trinajstić information content (AvgIpc) is 2.30. The van der Waals surface area contributed by atoms with Crippen LogP contribution in [0.1, 0.15) is 51.9 Å². The van der Waals surface area contributed by atoms with Crippen molar-refractivity contribution in [2.24, 2.45) is 5.41 Å². The van der Waals surface area contributed by atoms with Crippen LogP contribution in [0.4, 0.5) is 0 Å². The second-order valence-electron chi connectivity index (χ2n) is 5.07. The largest absolute Gasteiger partial charge is 0.501 e. The minimum atomic E-state index is -0.0925. The number of carbonyl (C=O) groups excluding carboxylic acids is 1. The van der Waals surface area contributed by atoms with Crippen LogP contribution in [0.2, 0.25) is 0 Å². The van der Waals surface area contributed by atoms with Gasteiger partial charge in [0.15, 0.2) is 5.78 Å². The van der Waals surface area contributed by atoms with Crippen LogP contribution < -0.4 is 0 Å². The standard InChI is InChI=1S/C13H20O2/c1-13(7-3-2-4-8-13)12(14)11-6-5-9-15-10-11/h10H,2-9H2,1H3. The molecular formula is C13H20O2. The third-order valence-corrected chi connectivity index (χ3v) is 3.73. The van der Waals surface area contributed by atoms with E-state index < -0.39 is 0 Å². The van der Waals surface area contributed by atoms with E-state index in [1.807, 2.05) is 0 Å². The maximum Gasteiger partial charge on any atom is 0.167 e. The predicted octanol–water partition coefficient (Wildman–Crippen LogP) is 3.22. The molecule has 1 aliphatic carbocycles. The molecule has 0 atom stereocenters. The molecule has 2 rings (SSSR count). The van der Waals surface area contributed by atoms with Crippen molar-refractivity contribution in [1.29, 1.82) is 0 Å². The Hall–Kier alpha value is -0.790. The summed E-state index contributed by atoms with van der Waals surface area (Å²) < 4.78 is 5.26. The Labute approximate surface area is 91.7 Å². The van der Waals surface area contributed by atoms with E-state index >= 15 is 0 Å². The molecule has 2 heteroatoms. The Bertz CT molecular complexity index is 272. The van der Waals surface area contributed by atoms with Crippen LogP contribution in [0.3, 0.4) is 0 Å². The van der Waals surface area contributed by atoms with Gasteiger partial charge in [0.1, 0.15) is 0 Å². The maximum atomic E-state index is 12.3. The molecule has 15 heavy (non-hydrogen) atoms. The molecule has 0 spiro atoms. The van der Waals surface area contributed by atoms with E-state index in [-0.39, 0.29) is 5.41 Å². The first-order chi connectivity index (χ1) is 7.22. The van der Waals surface area contributed by atoms with Crippen molar-refractivity contribution in [2.75, 3.05) is 6.61 Å². The highest BCUT2D eigenvalue weighted by molar-refractivity contribution is 5.99. The summed E-state index contributed by atoms with van der Waals surface area (Å²) in [6, 6.07) is 0. The van der Waals surface area contributed by atoms with Crippen LogP contribution >= 0.6 is 0 Å². The molecule has 0 aromatic heterocycles. The summed E-state index contributed by atoms with van der Waals surface area (Å²) >= 11 is 0. The highest BCUT2D eigenvalue weighted by Crippen LogP contribution is 2.39. The number of ketones is 1. The van der Waals surface area contributed by atoms with Crippen LogP contribution in [-0.4, -0.2) is 12.4 Å². The quantitative estimate of drug-likeness (QED) is 0.696. The van der Waals surface area contributed by atoms with Gasteiger partial charge >= 0.3 is 0 Å². The first-order valence-corrected chi connectivity index (χ1v) is 6.08. The van der Waals surface area contributed by atoms with Crippen molar-refractivity contribution >= 4 is 5.78 Å². The van der Waals surface area contributed by atoms with E-state index in [4.69, 9.17) is 4.74 Å². The molecule has 0 bridgehead atoms. The monoisotopic (exact) mass is 208 g/mol. The molecule has 1 heterocycles. The fourth-order valence-corrected chi connectivity index (χ4v) is 2.68. The van der Waals surface area contributed by atoms with Crippen LogP contribution in [0, 0.1) is 5.41 Å². The Morgan fingerprint density at radius 3 is 2.60 bits per heavy atom. The lowest BCUT2D eigenvalue weighted by molar-refractivity contribution is -0.126. The topological polar surface area (TPSA) is 26.3 Å². The van der Waals surface area contributed by atoms with E-state index in [1.54, 1.807) is 6.26 Å². The number of hydrogen-bond donors (Lipinski definition) is 0. The average molecular weight is 208 g/mol. The molecule has 1 aliphatic heterocycles. The Balaban J connectivity index is 2.08. The molecular weight excluding hydrogens is 188 g/mol. The van der Waals surface area contributed by atoms with Gasteiger partial charge in [0, 0.05) is 11.0 Å². The minimum Gasteiger partial charge on any atom is -0.501 e. The molecule has 0 aromatic carbocycles. The molecule has 1 fully saturated rings. The molecule has 84 valence electrons. The van der Waals surface area contributed by atoms with Gasteiger partial charge in [-0.05, 0) is 25.7 Å². The van der Waals surface area contributed by atoms with E-state index in [1.165, 1.54) is 19.3 Å². The number of Topliss-reactive ketones (excluding diaryl/α,β-unsaturated/α-hetero) is 1. The van der Waals surface area contributed by atoms with Gasteiger partial charge < -0.3 is 4.74 Å². The lowest BCUT2D eigenvalue weighted by Crippen LogP contribution is -2.32. The molecule has 0 N–H and O–H groups in total. The Morgan fingerprint density at radius 2 is 2.00 bits per heavy atom. The minimum absolute atomic E-state index is 0.0925. The zero-order chi connectivity index (χ0) is 10.7. The second kappa shape index (κ2) is 4.38. The van der Waals surface area contributed by atoms with Crippen molar-refractivity contribution in [2.45, 2.75) is 51.9 Å². The highest BCUT2D eigenvalue weighted by Gasteiger charge is 2.36. The van der Waals surface area contributed by atoms with Gasteiger partial charge in [0.2, 0.25) is 0 Å². The van der Waals surface area contributed by atoms with E-state index in [0.29, 0.717) is 5.78 Å². The van der Waals surface area contributed by atoms with Crippen molar-refractivity contribution in [3.8, 4) is 0 Å². The molecule has 0 amide bonds. The van der Waals surface area contributed by atoms with Gasteiger partial charge in [-0.3, -0.25) is 4.79 Å². The van der Waals surface area contributed by atoms with Crippen molar-refractivity contribution in [3.63, 3.8) is 0 Å². The van der Waals surface area contributed by atoms with Gasteiger partial charge in [-0.15, -0.1) is 0 Å². The van der Waals surface area contributed by atoms with Gasteiger partial charge in [-0.1, -0.05) is 26.2 Å². The fraction of sp³-hybridized carbons (Fsp3) is 0.769. The number of allylic oxidation sites excluding steroid dienone is 1. The SMILES string of the molecule is CC1(C(=O)C2=COCCC2)CCCCC1. The van der Waals surface area contributed by atoms with Crippen molar-refractivity contribution in [3.05, 3.63) is 11.8 Å². The molecule has 0 aromatic rings. The summed E-state index contributed by atoms with van der Waals surface area (Å²) in [7, 11) is 0. The van der Waals surface area contributed by atoms with Crippen LogP contribution in [-0.2, 0) is 9.53 Å². The van der Waals surface area contributed by atoms with Crippen LogP contribution in [0.25, 0.3) is 0 Å². The van der Waals surface area contributed by atoms with E-state index in [0.717, 1.165) is 37.9 Å². The zero-order valence-corrected chi connectivity index (χ0v) is 9.55. The summed E-state index contributed by atoms with van der Waals surface area (Å²) in [5.41, 5.74) is 0.829. The summed E-state index contributed by atoms with van der Waals surface area (Å²) in [6.45, 7) is 2.90. The summed E-state index contributed by atoms with van der Waals surface area (Å²) in [6.07, 6.45) is 9.42. The first kappa shape index (κ1) is 10.7. The van der Waals surface area contributed by atoms with E-state index in [9.17, 15) is 4.79 Å².